The van der Waals surface area contributed by atoms with E-state index < -0.39 is 0 Å². The third-order valence-corrected chi connectivity index (χ3v) is 4.97. The summed E-state index contributed by atoms with van der Waals surface area (Å²) in [5.74, 6) is 0.848. The first-order chi connectivity index (χ1) is 11.9. The maximum Gasteiger partial charge on any atom is 0.0652 e. The summed E-state index contributed by atoms with van der Waals surface area (Å²) in [5, 5.41) is 8.89. The second-order valence-corrected chi connectivity index (χ2v) is 6.73. The minimum Gasteiger partial charge on any atom is -0.387 e. The van der Waals surface area contributed by atoms with Crippen LogP contribution in [0.15, 0.2) is 60.0 Å². The van der Waals surface area contributed by atoms with Crippen molar-refractivity contribution in [3.8, 4) is 0 Å². The van der Waals surface area contributed by atoms with E-state index in [1.807, 2.05) is 25.2 Å². The molecule has 1 aliphatic rings. The Balaban J connectivity index is 1.56. The molecule has 0 atom stereocenters. The predicted octanol–water partition coefficient (Wildman–Crippen LogP) is 4.61. The topological polar surface area (TPSA) is 27.3 Å². The summed E-state index contributed by atoms with van der Waals surface area (Å²) in [5.41, 5.74) is 4.87. The average Bonchev–Trinajstić information content (AvgIpc) is 3.18. The SMILES string of the molecule is CN/C(=C\SCNc1ccccc1)c1ccc(N2CCCC2)cc1. The fourth-order valence-corrected chi connectivity index (χ4v) is 3.66. The fourth-order valence-electron chi connectivity index (χ4n) is 2.90. The Morgan fingerprint density at radius 2 is 1.75 bits per heavy atom. The monoisotopic (exact) mass is 339 g/mol. The minimum atomic E-state index is 0.848. The Hall–Kier alpha value is -2.07. The summed E-state index contributed by atoms with van der Waals surface area (Å²) in [6.45, 7) is 2.38. The van der Waals surface area contributed by atoms with Gasteiger partial charge in [0, 0.05) is 37.2 Å². The van der Waals surface area contributed by atoms with Gasteiger partial charge in [0.15, 0.2) is 0 Å². The van der Waals surface area contributed by atoms with Crippen LogP contribution in [0.1, 0.15) is 18.4 Å². The quantitative estimate of drug-likeness (QED) is 0.569. The molecule has 24 heavy (non-hydrogen) atoms. The molecule has 126 valence electrons. The Morgan fingerprint density at radius 3 is 2.42 bits per heavy atom. The molecule has 0 radical (unpaired) electrons. The Kier molecular flexibility index (Phi) is 6.07. The molecule has 0 unspecified atom stereocenters. The van der Waals surface area contributed by atoms with Crippen molar-refractivity contribution in [1.82, 2.24) is 5.32 Å². The van der Waals surface area contributed by atoms with Gasteiger partial charge in [-0.3, -0.25) is 0 Å². The molecule has 1 heterocycles. The first kappa shape index (κ1) is 16.8. The lowest BCUT2D eigenvalue weighted by Crippen LogP contribution is -2.17. The van der Waals surface area contributed by atoms with Crippen LogP contribution in [0.4, 0.5) is 11.4 Å². The summed E-state index contributed by atoms with van der Waals surface area (Å²) in [6, 6.07) is 19.2. The summed E-state index contributed by atoms with van der Waals surface area (Å²) in [6.07, 6.45) is 2.63. The molecule has 0 spiro atoms. The van der Waals surface area contributed by atoms with E-state index in [0.29, 0.717) is 0 Å². The lowest BCUT2D eigenvalue weighted by atomic mass is 10.1. The lowest BCUT2D eigenvalue weighted by Gasteiger charge is -2.18. The molecule has 0 aromatic heterocycles. The number of nitrogens with one attached hydrogen (secondary N) is 2. The summed E-state index contributed by atoms with van der Waals surface area (Å²) >= 11 is 1.76. The maximum atomic E-state index is 3.41. The van der Waals surface area contributed by atoms with E-state index in [1.54, 1.807) is 11.8 Å². The van der Waals surface area contributed by atoms with E-state index in [9.17, 15) is 0 Å². The molecule has 0 amide bonds. The van der Waals surface area contributed by atoms with Gasteiger partial charge in [-0.15, -0.1) is 11.8 Å². The largest absolute Gasteiger partial charge is 0.387 e. The molecule has 2 aromatic rings. The van der Waals surface area contributed by atoms with Crippen LogP contribution < -0.4 is 15.5 Å². The van der Waals surface area contributed by atoms with Crippen molar-refractivity contribution in [3.63, 3.8) is 0 Å². The number of rotatable bonds is 7. The predicted molar refractivity (Wildman–Crippen MR) is 107 cm³/mol. The molecule has 3 rings (SSSR count). The maximum absolute atomic E-state index is 3.41. The highest BCUT2D eigenvalue weighted by Crippen LogP contribution is 2.23. The van der Waals surface area contributed by atoms with Crippen LogP contribution in [-0.2, 0) is 0 Å². The number of anilines is 2. The second kappa shape index (κ2) is 8.69. The summed E-state index contributed by atoms with van der Waals surface area (Å²) < 4.78 is 0. The van der Waals surface area contributed by atoms with Crippen molar-refractivity contribution in [3.05, 3.63) is 65.6 Å². The number of para-hydroxylation sites is 1. The second-order valence-electron chi connectivity index (χ2n) is 5.88. The third kappa shape index (κ3) is 4.48. The molecule has 4 heteroatoms. The number of thioether (sulfide) groups is 1. The molecule has 1 fully saturated rings. The zero-order chi connectivity index (χ0) is 16.6. The van der Waals surface area contributed by atoms with Gasteiger partial charge in [-0.1, -0.05) is 30.3 Å². The summed E-state index contributed by atoms with van der Waals surface area (Å²) in [4.78, 5) is 2.46. The van der Waals surface area contributed by atoms with Crippen molar-refractivity contribution >= 4 is 28.8 Å². The number of nitrogens with zero attached hydrogens (tertiary/aromatic N) is 1. The Bertz CT molecular complexity index is 646. The van der Waals surface area contributed by atoms with Crippen LogP contribution in [0.5, 0.6) is 0 Å². The van der Waals surface area contributed by atoms with Crippen molar-refractivity contribution in [2.75, 3.05) is 36.2 Å². The van der Waals surface area contributed by atoms with Gasteiger partial charge in [0.05, 0.1) is 5.88 Å². The van der Waals surface area contributed by atoms with Crippen LogP contribution in [0.3, 0.4) is 0 Å². The van der Waals surface area contributed by atoms with Gasteiger partial charge in [-0.25, -0.2) is 0 Å². The van der Waals surface area contributed by atoms with E-state index in [1.165, 1.54) is 37.2 Å². The first-order valence-corrected chi connectivity index (χ1v) is 9.55. The van der Waals surface area contributed by atoms with Gasteiger partial charge in [-0.2, -0.15) is 0 Å². The van der Waals surface area contributed by atoms with Crippen molar-refractivity contribution in [2.24, 2.45) is 0 Å². The van der Waals surface area contributed by atoms with Crippen molar-refractivity contribution in [1.29, 1.82) is 0 Å². The zero-order valence-electron chi connectivity index (χ0n) is 14.2. The van der Waals surface area contributed by atoms with Crippen LogP contribution in [0, 0.1) is 0 Å². The van der Waals surface area contributed by atoms with Crippen LogP contribution in [0.2, 0.25) is 0 Å². The molecule has 1 aliphatic heterocycles. The highest BCUT2D eigenvalue weighted by Gasteiger charge is 2.12. The van der Waals surface area contributed by atoms with Gasteiger partial charge in [0.1, 0.15) is 0 Å². The first-order valence-electron chi connectivity index (χ1n) is 8.50. The van der Waals surface area contributed by atoms with E-state index in [2.05, 4.69) is 57.3 Å². The molecule has 0 aliphatic carbocycles. The lowest BCUT2D eigenvalue weighted by molar-refractivity contribution is 0.949. The van der Waals surface area contributed by atoms with Crippen LogP contribution in [0.25, 0.3) is 5.70 Å². The van der Waals surface area contributed by atoms with Crippen molar-refractivity contribution < 1.29 is 0 Å². The minimum absolute atomic E-state index is 0.848. The van der Waals surface area contributed by atoms with E-state index in [0.717, 1.165) is 17.3 Å². The molecule has 0 bridgehead atoms. The molecule has 0 saturated carbocycles. The van der Waals surface area contributed by atoms with Crippen LogP contribution in [-0.4, -0.2) is 26.0 Å². The van der Waals surface area contributed by atoms with Gasteiger partial charge < -0.3 is 15.5 Å². The number of hydrogen-bond donors (Lipinski definition) is 2. The third-order valence-electron chi connectivity index (χ3n) is 4.25. The van der Waals surface area contributed by atoms with Gasteiger partial charge in [0.2, 0.25) is 0 Å². The average molecular weight is 340 g/mol. The molecule has 2 N–H and O–H groups in total. The molecular weight excluding hydrogens is 314 g/mol. The van der Waals surface area contributed by atoms with E-state index >= 15 is 0 Å². The van der Waals surface area contributed by atoms with Crippen molar-refractivity contribution in [2.45, 2.75) is 12.8 Å². The normalized spacial score (nSPS) is 14.7. The smallest absolute Gasteiger partial charge is 0.0652 e. The highest BCUT2D eigenvalue weighted by atomic mass is 32.2. The van der Waals surface area contributed by atoms with Gasteiger partial charge in [0.25, 0.3) is 0 Å². The zero-order valence-corrected chi connectivity index (χ0v) is 15.0. The number of benzene rings is 2. The molecule has 1 saturated heterocycles. The number of hydrogen-bond acceptors (Lipinski definition) is 4. The Morgan fingerprint density at radius 1 is 1.04 bits per heavy atom. The van der Waals surface area contributed by atoms with E-state index in [4.69, 9.17) is 0 Å². The Labute approximate surface area is 149 Å². The molecular formula is C20H25N3S. The van der Waals surface area contributed by atoms with Gasteiger partial charge >= 0.3 is 0 Å². The fraction of sp³-hybridized carbons (Fsp3) is 0.300. The molecule has 2 aromatic carbocycles. The summed E-state index contributed by atoms with van der Waals surface area (Å²) in [7, 11) is 1.98. The highest BCUT2D eigenvalue weighted by molar-refractivity contribution is 8.02. The molecule has 3 nitrogen and oxygen atoms in total. The van der Waals surface area contributed by atoms with Gasteiger partial charge in [-0.05, 0) is 48.1 Å². The standard InChI is InChI=1S/C20H25N3S/c1-21-20(15-24-16-22-18-7-3-2-4-8-18)17-9-11-19(12-10-17)23-13-5-6-14-23/h2-4,7-12,15,21-22H,5-6,13-14,16H2,1H3/b20-15-. The van der Waals surface area contributed by atoms with Crippen LogP contribution >= 0.6 is 11.8 Å². The van der Waals surface area contributed by atoms with E-state index in [-0.39, 0.29) is 0 Å².